The first-order valence-corrected chi connectivity index (χ1v) is 10.3. The topological polar surface area (TPSA) is 53.2 Å². The van der Waals surface area contributed by atoms with Crippen molar-refractivity contribution in [3.05, 3.63) is 62.5 Å². The van der Waals surface area contributed by atoms with Gasteiger partial charge < -0.3 is 16.0 Å². The third-order valence-corrected chi connectivity index (χ3v) is 5.39. The van der Waals surface area contributed by atoms with Crippen LogP contribution in [0.4, 0.5) is 5.69 Å². The van der Waals surface area contributed by atoms with Crippen LogP contribution in [0.2, 0.25) is 10.0 Å². The van der Waals surface area contributed by atoms with Crippen molar-refractivity contribution in [3.63, 3.8) is 0 Å². The summed E-state index contributed by atoms with van der Waals surface area (Å²) in [7, 11) is 0. The average molecular weight is 551 g/mol. The van der Waals surface area contributed by atoms with Gasteiger partial charge in [-0.15, -0.1) is 0 Å². The number of hydrogen-bond donors (Lipinski definition) is 3. The van der Waals surface area contributed by atoms with E-state index in [1.165, 1.54) is 0 Å². The molecule has 1 atom stereocenters. The summed E-state index contributed by atoms with van der Waals surface area (Å²) < 4.78 is -1.30. The zero-order chi connectivity index (χ0) is 20.2. The van der Waals surface area contributed by atoms with Gasteiger partial charge in [-0.25, -0.2) is 0 Å². The lowest BCUT2D eigenvalue weighted by Crippen LogP contribution is -2.56. The largest absolute Gasteiger partial charge is 0.339 e. The Balaban J connectivity index is 2.14. The molecule has 0 radical (unpaired) electrons. The Morgan fingerprint density at radius 3 is 2.15 bits per heavy atom. The Hall–Kier alpha value is -0.470. The van der Waals surface area contributed by atoms with Gasteiger partial charge in [-0.1, -0.05) is 76.2 Å². The standard InChI is InChI=1S/C16H11BrCl5N3OS/c17-9-5-2-1-4-8(9)13(26)24-14(16(20,21)22)25-15(27)23-12-10(18)6-3-7-11(12)19/h1-7,14H,(H,24,26)(H2,23,25,27). The molecular formula is C16H11BrCl5N3OS. The molecule has 3 N–H and O–H groups in total. The van der Waals surface area contributed by atoms with Crippen molar-refractivity contribution in [1.82, 2.24) is 10.6 Å². The van der Waals surface area contributed by atoms with Crippen LogP contribution >= 0.6 is 86.2 Å². The molecule has 0 fully saturated rings. The fraction of sp³-hybridized carbons (Fsp3) is 0.125. The van der Waals surface area contributed by atoms with E-state index >= 15 is 0 Å². The fourth-order valence-electron chi connectivity index (χ4n) is 1.95. The Morgan fingerprint density at radius 1 is 1.00 bits per heavy atom. The van der Waals surface area contributed by atoms with Gasteiger partial charge >= 0.3 is 0 Å². The van der Waals surface area contributed by atoms with Gasteiger partial charge in [0.15, 0.2) is 5.11 Å². The number of rotatable bonds is 4. The van der Waals surface area contributed by atoms with Gasteiger partial charge in [-0.2, -0.15) is 0 Å². The van der Waals surface area contributed by atoms with Gasteiger partial charge in [0.2, 0.25) is 3.79 Å². The zero-order valence-corrected chi connectivity index (χ0v) is 19.4. The quantitative estimate of drug-likeness (QED) is 0.242. The lowest BCUT2D eigenvalue weighted by molar-refractivity contribution is 0.0934. The Morgan fingerprint density at radius 2 is 1.59 bits per heavy atom. The summed E-state index contributed by atoms with van der Waals surface area (Å²) in [4.78, 5) is 12.5. The number of alkyl halides is 3. The summed E-state index contributed by atoms with van der Waals surface area (Å²) in [6, 6.07) is 11.8. The molecule has 0 bridgehead atoms. The van der Waals surface area contributed by atoms with E-state index in [4.69, 9.17) is 70.2 Å². The maximum Gasteiger partial charge on any atom is 0.254 e. The minimum absolute atomic E-state index is 0.0498. The van der Waals surface area contributed by atoms with Gasteiger partial charge in [0.05, 0.1) is 21.3 Å². The number of para-hydroxylation sites is 1. The molecule has 0 aliphatic carbocycles. The summed E-state index contributed by atoms with van der Waals surface area (Å²) in [5, 5.41) is 8.92. The minimum atomic E-state index is -1.90. The number of thiocarbonyl (C=S) groups is 1. The normalized spacial score (nSPS) is 12.2. The number of halogens is 6. The summed E-state index contributed by atoms with van der Waals surface area (Å²) in [5.74, 6) is -0.468. The maximum absolute atomic E-state index is 12.5. The Kier molecular flexibility index (Phi) is 8.31. The molecule has 0 saturated heterocycles. The second-order valence-electron chi connectivity index (χ2n) is 5.12. The van der Waals surface area contributed by atoms with E-state index in [9.17, 15) is 4.79 Å². The highest BCUT2D eigenvalue weighted by Crippen LogP contribution is 2.31. The van der Waals surface area contributed by atoms with E-state index in [0.29, 0.717) is 25.8 Å². The molecule has 1 unspecified atom stereocenters. The zero-order valence-electron chi connectivity index (χ0n) is 13.2. The second-order valence-corrected chi connectivity index (χ2v) is 9.57. The molecule has 0 saturated carbocycles. The van der Waals surface area contributed by atoms with Crippen LogP contribution in [0.3, 0.4) is 0 Å². The SMILES string of the molecule is O=C(NC(NC(=S)Nc1c(Cl)cccc1Cl)C(Cl)(Cl)Cl)c1ccccc1Br. The number of hydrogen-bond acceptors (Lipinski definition) is 2. The third kappa shape index (κ3) is 6.53. The molecule has 144 valence electrons. The highest BCUT2D eigenvalue weighted by Gasteiger charge is 2.35. The highest BCUT2D eigenvalue weighted by atomic mass is 79.9. The molecule has 2 rings (SSSR count). The molecular weight excluding hydrogens is 539 g/mol. The van der Waals surface area contributed by atoms with Gasteiger partial charge in [-0.05, 0) is 52.4 Å². The van der Waals surface area contributed by atoms with Crippen LogP contribution in [0.15, 0.2) is 46.9 Å². The summed E-state index contributed by atoms with van der Waals surface area (Å²) >= 11 is 38.7. The van der Waals surface area contributed by atoms with Crippen LogP contribution in [0.1, 0.15) is 10.4 Å². The van der Waals surface area contributed by atoms with Crippen LogP contribution in [-0.4, -0.2) is 21.0 Å². The molecule has 0 heterocycles. The fourth-order valence-corrected chi connectivity index (χ4v) is 3.46. The predicted molar refractivity (Wildman–Crippen MR) is 122 cm³/mol. The number of benzene rings is 2. The van der Waals surface area contributed by atoms with E-state index in [-0.39, 0.29) is 5.11 Å². The summed E-state index contributed by atoms with van der Waals surface area (Å²) in [6.45, 7) is 0. The summed E-state index contributed by atoms with van der Waals surface area (Å²) in [5.41, 5.74) is 0.755. The Bertz CT molecular complexity index is 842. The van der Waals surface area contributed by atoms with E-state index in [0.717, 1.165) is 0 Å². The van der Waals surface area contributed by atoms with Gasteiger partial charge in [0.25, 0.3) is 5.91 Å². The first-order valence-electron chi connectivity index (χ1n) is 7.23. The van der Waals surface area contributed by atoms with Crippen molar-refractivity contribution in [2.24, 2.45) is 0 Å². The molecule has 1 amide bonds. The molecule has 27 heavy (non-hydrogen) atoms. The molecule has 0 spiro atoms. The number of nitrogens with one attached hydrogen (secondary N) is 3. The number of carbonyl (C=O) groups excluding carboxylic acids is 1. The predicted octanol–water partition coefficient (Wildman–Crippen LogP) is 6.17. The Labute approximate surface area is 195 Å². The average Bonchev–Trinajstić information content (AvgIpc) is 2.57. The molecule has 0 aliphatic rings. The van der Waals surface area contributed by atoms with Gasteiger partial charge in [0, 0.05) is 4.47 Å². The third-order valence-electron chi connectivity index (χ3n) is 3.20. The highest BCUT2D eigenvalue weighted by molar-refractivity contribution is 9.10. The van der Waals surface area contributed by atoms with Crippen LogP contribution in [0.5, 0.6) is 0 Å². The van der Waals surface area contributed by atoms with Crippen molar-refractivity contribution in [2.45, 2.75) is 9.96 Å². The molecule has 2 aromatic carbocycles. The number of amides is 1. The van der Waals surface area contributed by atoms with Crippen molar-refractivity contribution < 1.29 is 4.79 Å². The lowest BCUT2D eigenvalue weighted by atomic mass is 10.2. The van der Waals surface area contributed by atoms with Crippen LogP contribution in [-0.2, 0) is 0 Å². The smallest absolute Gasteiger partial charge is 0.254 e. The van der Waals surface area contributed by atoms with E-state index in [1.807, 2.05) is 0 Å². The monoisotopic (exact) mass is 547 g/mol. The van der Waals surface area contributed by atoms with Crippen LogP contribution in [0, 0.1) is 0 Å². The molecule has 0 aromatic heterocycles. The summed E-state index contributed by atoms with van der Waals surface area (Å²) in [6.07, 6.45) is -1.14. The van der Waals surface area contributed by atoms with Gasteiger partial charge in [0.1, 0.15) is 6.17 Å². The number of carbonyl (C=O) groups is 1. The second kappa shape index (κ2) is 9.83. The molecule has 2 aromatic rings. The van der Waals surface area contributed by atoms with Crippen molar-refractivity contribution in [1.29, 1.82) is 0 Å². The van der Waals surface area contributed by atoms with E-state index in [1.54, 1.807) is 42.5 Å². The van der Waals surface area contributed by atoms with E-state index in [2.05, 4.69) is 31.9 Å². The van der Waals surface area contributed by atoms with Crippen LogP contribution in [0.25, 0.3) is 0 Å². The van der Waals surface area contributed by atoms with E-state index < -0.39 is 15.9 Å². The molecule has 11 heteroatoms. The van der Waals surface area contributed by atoms with Crippen LogP contribution < -0.4 is 16.0 Å². The molecule has 4 nitrogen and oxygen atoms in total. The van der Waals surface area contributed by atoms with Crippen molar-refractivity contribution in [3.8, 4) is 0 Å². The van der Waals surface area contributed by atoms with Crippen molar-refractivity contribution in [2.75, 3.05) is 5.32 Å². The number of anilines is 1. The molecule has 0 aliphatic heterocycles. The maximum atomic E-state index is 12.5. The van der Waals surface area contributed by atoms with Crippen molar-refractivity contribution >= 4 is 103 Å². The lowest BCUT2D eigenvalue weighted by Gasteiger charge is -2.28. The minimum Gasteiger partial charge on any atom is -0.339 e. The first-order chi connectivity index (χ1) is 12.6. The first kappa shape index (κ1) is 22.8. The van der Waals surface area contributed by atoms with Gasteiger partial charge in [-0.3, -0.25) is 4.79 Å².